The van der Waals surface area contributed by atoms with Crippen molar-refractivity contribution in [3.8, 4) is 5.75 Å². The van der Waals surface area contributed by atoms with Crippen molar-refractivity contribution in [2.45, 2.75) is 6.54 Å². The number of ether oxygens (including phenoxy) is 1. The molecule has 0 aliphatic carbocycles. The number of benzene rings is 3. The lowest BCUT2D eigenvalue weighted by molar-refractivity contribution is -0.118. The SMILES string of the molecule is O=C(COc1ccc(CNc2ccc(Br)c(Cl)c2)cc1)Nc1ccc(Cl)cc1. The molecule has 7 heteroatoms. The molecule has 0 unspecified atom stereocenters. The van der Waals surface area contributed by atoms with Gasteiger partial charge in [0, 0.05) is 27.4 Å². The van der Waals surface area contributed by atoms with Crippen molar-refractivity contribution in [2.75, 3.05) is 17.2 Å². The van der Waals surface area contributed by atoms with Crippen LogP contribution in [0.25, 0.3) is 0 Å². The zero-order chi connectivity index (χ0) is 19.9. The van der Waals surface area contributed by atoms with Gasteiger partial charge in [-0.1, -0.05) is 35.3 Å². The zero-order valence-electron chi connectivity index (χ0n) is 14.7. The fourth-order valence-corrected chi connectivity index (χ4v) is 2.95. The van der Waals surface area contributed by atoms with Crippen molar-refractivity contribution in [1.29, 1.82) is 0 Å². The molecule has 0 saturated carbocycles. The first kappa shape index (κ1) is 20.5. The Bertz CT molecular complexity index is 948. The quantitative estimate of drug-likeness (QED) is 0.413. The van der Waals surface area contributed by atoms with Crippen LogP contribution in [0.2, 0.25) is 10.0 Å². The minimum Gasteiger partial charge on any atom is -0.484 e. The normalized spacial score (nSPS) is 10.4. The van der Waals surface area contributed by atoms with Crippen LogP contribution in [0, 0.1) is 0 Å². The monoisotopic (exact) mass is 478 g/mol. The van der Waals surface area contributed by atoms with Gasteiger partial charge in [-0.2, -0.15) is 0 Å². The molecule has 4 nitrogen and oxygen atoms in total. The molecular weight excluding hydrogens is 463 g/mol. The Labute approximate surface area is 181 Å². The van der Waals surface area contributed by atoms with E-state index in [1.165, 1.54) is 0 Å². The second-order valence-electron chi connectivity index (χ2n) is 5.97. The summed E-state index contributed by atoms with van der Waals surface area (Å²) in [5, 5.41) is 7.34. The van der Waals surface area contributed by atoms with Crippen LogP contribution in [0.1, 0.15) is 5.56 Å². The van der Waals surface area contributed by atoms with Crippen LogP contribution in [-0.4, -0.2) is 12.5 Å². The molecule has 0 aromatic heterocycles. The molecule has 3 aromatic carbocycles. The molecular formula is C21H17BrCl2N2O2. The number of halogens is 3. The van der Waals surface area contributed by atoms with Crippen LogP contribution < -0.4 is 15.4 Å². The van der Waals surface area contributed by atoms with Crippen LogP contribution in [0.4, 0.5) is 11.4 Å². The highest BCUT2D eigenvalue weighted by Gasteiger charge is 2.04. The summed E-state index contributed by atoms with van der Waals surface area (Å²) in [5.74, 6) is 0.391. The van der Waals surface area contributed by atoms with Gasteiger partial charge in [-0.15, -0.1) is 0 Å². The van der Waals surface area contributed by atoms with Gasteiger partial charge in [-0.25, -0.2) is 0 Å². The average molecular weight is 480 g/mol. The standard InChI is InChI=1S/C21H17BrCl2N2O2/c22-19-10-7-17(11-20(19)24)25-12-14-1-8-18(9-2-14)28-13-21(27)26-16-5-3-15(23)4-6-16/h1-11,25H,12-13H2,(H,26,27). The highest BCUT2D eigenvalue weighted by atomic mass is 79.9. The molecule has 3 aromatic rings. The van der Waals surface area contributed by atoms with Gasteiger partial charge in [-0.3, -0.25) is 4.79 Å². The maximum Gasteiger partial charge on any atom is 0.262 e. The summed E-state index contributed by atoms with van der Waals surface area (Å²) >= 11 is 15.3. The van der Waals surface area contributed by atoms with Crippen molar-refractivity contribution in [1.82, 2.24) is 0 Å². The second-order valence-corrected chi connectivity index (χ2v) is 7.67. The highest BCUT2D eigenvalue weighted by molar-refractivity contribution is 9.10. The number of carbonyl (C=O) groups excluding carboxylic acids is 1. The van der Waals surface area contributed by atoms with Crippen molar-refractivity contribution >= 4 is 56.4 Å². The largest absolute Gasteiger partial charge is 0.484 e. The second kappa shape index (κ2) is 9.82. The third-order valence-electron chi connectivity index (χ3n) is 3.84. The van der Waals surface area contributed by atoms with E-state index in [4.69, 9.17) is 27.9 Å². The molecule has 0 radical (unpaired) electrons. The lowest BCUT2D eigenvalue weighted by Crippen LogP contribution is -2.20. The predicted molar refractivity (Wildman–Crippen MR) is 118 cm³/mol. The molecule has 28 heavy (non-hydrogen) atoms. The average Bonchev–Trinajstić information content (AvgIpc) is 2.70. The summed E-state index contributed by atoms with van der Waals surface area (Å²) in [6.45, 7) is 0.576. The van der Waals surface area contributed by atoms with Gasteiger partial charge in [-0.05, 0) is 76.1 Å². The van der Waals surface area contributed by atoms with E-state index in [0.29, 0.717) is 28.0 Å². The molecule has 2 N–H and O–H groups in total. The minimum absolute atomic E-state index is 0.0718. The van der Waals surface area contributed by atoms with Crippen LogP contribution in [0.15, 0.2) is 71.2 Å². The van der Waals surface area contributed by atoms with Crippen molar-refractivity contribution in [2.24, 2.45) is 0 Å². The first-order valence-electron chi connectivity index (χ1n) is 8.46. The Morgan fingerprint density at radius 1 is 0.929 bits per heavy atom. The molecule has 0 atom stereocenters. The third-order valence-corrected chi connectivity index (χ3v) is 5.32. The van der Waals surface area contributed by atoms with Gasteiger partial charge in [0.15, 0.2) is 6.61 Å². The fourth-order valence-electron chi connectivity index (χ4n) is 2.39. The van der Waals surface area contributed by atoms with E-state index in [9.17, 15) is 4.79 Å². The van der Waals surface area contributed by atoms with E-state index in [1.807, 2.05) is 42.5 Å². The van der Waals surface area contributed by atoms with Crippen molar-refractivity contribution < 1.29 is 9.53 Å². The number of anilines is 2. The summed E-state index contributed by atoms with van der Waals surface area (Å²) in [6, 6.07) is 20.2. The zero-order valence-corrected chi connectivity index (χ0v) is 17.8. The molecule has 0 fully saturated rings. The Morgan fingerprint density at radius 3 is 2.29 bits per heavy atom. The lowest BCUT2D eigenvalue weighted by Gasteiger charge is -2.10. The van der Waals surface area contributed by atoms with Gasteiger partial charge >= 0.3 is 0 Å². The van der Waals surface area contributed by atoms with Gasteiger partial charge in [0.05, 0.1) is 5.02 Å². The lowest BCUT2D eigenvalue weighted by atomic mass is 10.2. The van der Waals surface area contributed by atoms with E-state index in [-0.39, 0.29) is 12.5 Å². The Hall–Kier alpha value is -2.21. The summed E-state index contributed by atoms with van der Waals surface area (Å²) in [4.78, 5) is 12.0. The Morgan fingerprint density at radius 2 is 1.61 bits per heavy atom. The molecule has 0 saturated heterocycles. The summed E-state index contributed by atoms with van der Waals surface area (Å²) in [5.41, 5.74) is 2.69. The van der Waals surface area contributed by atoms with Crippen LogP contribution in [0.5, 0.6) is 5.75 Å². The highest BCUT2D eigenvalue weighted by Crippen LogP contribution is 2.26. The summed E-state index contributed by atoms with van der Waals surface area (Å²) in [6.07, 6.45) is 0. The number of nitrogens with one attached hydrogen (secondary N) is 2. The molecule has 0 aliphatic rings. The summed E-state index contributed by atoms with van der Waals surface area (Å²) < 4.78 is 6.39. The number of carbonyl (C=O) groups is 1. The van der Waals surface area contributed by atoms with Crippen LogP contribution >= 0.6 is 39.1 Å². The smallest absolute Gasteiger partial charge is 0.262 e. The number of amides is 1. The van der Waals surface area contributed by atoms with Gasteiger partial charge in [0.2, 0.25) is 0 Å². The topological polar surface area (TPSA) is 50.4 Å². The Balaban J connectivity index is 1.46. The number of rotatable bonds is 7. The minimum atomic E-state index is -0.236. The van der Waals surface area contributed by atoms with Gasteiger partial charge in [0.25, 0.3) is 5.91 Å². The molecule has 0 bridgehead atoms. The van der Waals surface area contributed by atoms with E-state index in [1.54, 1.807) is 24.3 Å². The predicted octanol–water partition coefficient (Wildman–Crippen LogP) is 6.39. The molecule has 1 amide bonds. The fraction of sp³-hybridized carbons (Fsp3) is 0.0952. The van der Waals surface area contributed by atoms with E-state index < -0.39 is 0 Å². The number of hydrogen-bond acceptors (Lipinski definition) is 3. The first-order chi connectivity index (χ1) is 13.5. The summed E-state index contributed by atoms with van der Waals surface area (Å²) in [7, 11) is 0. The van der Waals surface area contributed by atoms with Gasteiger partial charge in [0.1, 0.15) is 5.75 Å². The van der Waals surface area contributed by atoms with Crippen molar-refractivity contribution in [3.05, 3.63) is 86.8 Å². The van der Waals surface area contributed by atoms with E-state index in [0.717, 1.165) is 15.7 Å². The maximum absolute atomic E-state index is 12.0. The molecule has 144 valence electrons. The first-order valence-corrected chi connectivity index (χ1v) is 10.0. The Kier molecular flexibility index (Phi) is 7.20. The van der Waals surface area contributed by atoms with Crippen LogP contribution in [0.3, 0.4) is 0 Å². The van der Waals surface area contributed by atoms with Crippen LogP contribution in [-0.2, 0) is 11.3 Å². The number of hydrogen-bond donors (Lipinski definition) is 2. The van der Waals surface area contributed by atoms with Gasteiger partial charge < -0.3 is 15.4 Å². The molecule has 0 heterocycles. The maximum atomic E-state index is 12.0. The molecule has 3 rings (SSSR count). The van der Waals surface area contributed by atoms with Crippen molar-refractivity contribution in [3.63, 3.8) is 0 Å². The third kappa shape index (κ3) is 6.16. The van der Waals surface area contributed by atoms with E-state index >= 15 is 0 Å². The molecule has 0 spiro atoms. The van der Waals surface area contributed by atoms with E-state index in [2.05, 4.69) is 26.6 Å². The molecule has 0 aliphatic heterocycles.